The summed E-state index contributed by atoms with van der Waals surface area (Å²) >= 11 is 0. The minimum Gasteiger partial charge on any atom is -0.335 e. The molecule has 0 saturated heterocycles. The van der Waals surface area contributed by atoms with E-state index in [0.29, 0.717) is 22.7 Å². The van der Waals surface area contributed by atoms with Crippen LogP contribution in [-0.4, -0.2) is 32.0 Å². The summed E-state index contributed by atoms with van der Waals surface area (Å²) in [4.78, 5) is 29.9. The molecule has 0 fully saturated rings. The summed E-state index contributed by atoms with van der Waals surface area (Å²) in [6, 6.07) is 17.4. The molecule has 7 nitrogen and oxygen atoms in total. The van der Waals surface area contributed by atoms with Crippen LogP contribution in [0.3, 0.4) is 0 Å². The van der Waals surface area contributed by atoms with E-state index in [9.17, 15) is 4.79 Å². The Labute approximate surface area is 181 Å². The van der Waals surface area contributed by atoms with Gasteiger partial charge >= 0.3 is 6.03 Å². The van der Waals surface area contributed by atoms with Gasteiger partial charge in [0, 0.05) is 24.0 Å². The lowest BCUT2D eigenvalue weighted by Crippen LogP contribution is -2.36. The molecule has 1 atom stereocenters. The molecular formula is C24H24N6O. The highest BCUT2D eigenvalue weighted by Gasteiger charge is 2.10. The van der Waals surface area contributed by atoms with Gasteiger partial charge in [0.25, 0.3) is 0 Å². The molecule has 0 spiro atoms. The molecule has 31 heavy (non-hydrogen) atoms. The first-order valence-corrected chi connectivity index (χ1v) is 10.3. The van der Waals surface area contributed by atoms with Crippen LogP contribution in [0.25, 0.3) is 22.4 Å². The van der Waals surface area contributed by atoms with E-state index in [0.717, 1.165) is 24.8 Å². The maximum Gasteiger partial charge on any atom is 0.320 e. The summed E-state index contributed by atoms with van der Waals surface area (Å²) in [7, 11) is 0. The van der Waals surface area contributed by atoms with Crippen LogP contribution in [-0.2, 0) is 6.42 Å². The van der Waals surface area contributed by atoms with Crippen LogP contribution < -0.4 is 10.6 Å². The number of nitrogens with zero attached hydrogens (tertiary/aromatic N) is 4. The highest BCUT2D eigenvalue weighted by molar-refractivity contribution is 5.89. The van der Waals surface area contributed by atoms with E-state index in [1.165, 1.54) is 5.56 Å². The minimum atomic E-state index is -0.282. The minimum absolute atomic E-state index is 0.0566. The third-order valence-corrected chi connectivity index (χ3v) is 4.93. The summed E-state index contributed by atoms with van der Waals surface area (Å²) in [6.45, 7) is 2.00. The average molecular weight is 412 g/mol. The summed E-state index contributed by atoms with van der Waals surface area (Å²) in [5, 5.41) is 5.76. The Morgan fingerprint density at radius 1 is 1.00 bits per heavy atom. The van der Waals surface area contributed by atoms with E-state index in [1.807, 2.05) is 37.3 Å². The van der Waals surface area contributed by atoms with Gasteiger partial charge in [-0.1, -0.05) is 30.3 Å². The largest absolute Gasteiger partial charge is 0.335 e. The Kier molecular flexibility index (Phi) is 6.42. The van der Waals surface area contributed by atoms with Crippen molar-refractivity contribution in [3.05, 3.63) is 78.8 Å². The third-order valence-electron chi connectivity index (χ3n) is 4.93. The van der Waals surface area contributed by atoms with E-state index in [4.69, 9.17) is 0 Å². The number of fused-ring (bicyclic) bond motifs is 1. The quantitative estimate of drug-likeness (QED) is 0.462. The Morgan fingerprint density at radius 2 is 1.87 bits per heavy atom. The fraction of sp³-hybridized carbons (Fsp3) is 0.208. The average Bonchev–Trinajstić information content (AvgIpc) is 2.80. The van der Waals surface area contributed by atoms with Gasteiger partial charge < -0.3 is 5.32 Å². The van der Waals surface area contributed by atoms with Crippen LogP contribution in [0.4, 0.5) is 10.6 Å². The lowest BCUT2D eigenvalue weighted by molar-refractivity contribution is 0.248. The Balaban J connectivity index is 1.34. The van der Waals surface area contributed by atoms with Crippen LogP contribution in [0, 0.1) is 0 Å². The lowest BCUT2D eigenvalue weighted by atomic mass is 10.1. The first kappa shape index (κ1) is 20.4. The zero-order chi connectivity index (χ0) is 21.5. The smallest absolute Gasteiger partial charge is 0.320 e. The molecule has 4 aromatic rings. The van der Waals surface area contributed by atoms with Gasteiger partial charge in [0.1, 0.15) is 11.3 Å². The first-order valence-electron chi connectivity index (χ1n) is 10.3. The van der Waals surface area contributed by atoms with Crippen molar-refractivity contribution >= 4 is 23.0 Å². The lowest BCUT2D eigenvalue weighted by Gasteiger charge is -2.14. The molecule has 3 aromatic heterocycles. The number of aryl methyl sites for hydroxylation is 1. The van der Waals surface area contributed by atoms with E-state index in [-0.39, 0.29) is 12.1 Å². The van der Waals surface area contributed by atoms with Gasteiger partial charge in [-0.25, -0.2) is 14.8 Å². The second-order valence-electron chi connectivity index (χ2n) is 7.41. The predicted octanol–water partition coefficient (Wildman–Crippen LogP) is 4.62. The van der Waals surface area contributed by atoms with Crippen LogP contribution in [0.1, 0.15) is 25.3 Å². The van der Waals surface area contributed by atoms with Crippen LogP contribution in [0.5, 0.6) is 0 Å². The summed E-state index contributed by atoms with van der Waals surface area (Å²) in [5.41, 5.74) is 3.98. The number of hydrogen-bond acceptors (Lipinski definition) is 5. The topological polar surface area (TPSA) is 92.7 Å². The maximum atomic E-state index is 12.4. The molecule has 0 aliphatic heterocycles. The van der Waals surface area contributed by atoms with Crippen molar-refractivity contribution in [3.8, 4) is 11.3 Å². The van der Waals surface area contributed by atoms with Crippen molar-refractivity contribution in [1.82, 2.24) is 25.3 Å². The van der Waals surface area contributed by atoms with Gasteiger partial charge in [-0.05, 0) is 56.0 Å². The molecule has 2 N–H and O–H groups in total. The zero-order valence-corrected chi connectivity index (χ0v) is 17.3. The number of pyridine rings is 2. The summed E-state index contributed by atoms with van der Waals surface area (Å²) in [6.07, 6.45) is 8.03. The van der Waals surface area contributed by atoms with Gasteiger partial charge in [0.15, 0.2) is 5.65 Å². The molecule has 2 amide bonds. The Hall–Kier alpha value is -3.87. The maximum absolute atomic E-state index is 12.4. The number of urea groups is 1. The number of aromatic nitrogens is 4. The highest BCUT2D eigenvalue weighted by Crippen LogP contribution is 2.18. The van der Waals surface area contributed by atoms with Crippen LogP contribution >= 0.6 is 0 Å². The molecular weight excluding hydrogens is 388 g/mol. The van der Waals surface area contributed by atoms with Gasteiger partial charge in [0.05, 0.1) is 11.9 Å². The number of amides is 2. The van der Waals surface area contributed by atoms with Crippen molar-refractivity contribution < 1.29 is 4.79 Å². The molecule has 156 valence electrons. The molecule has 4 rings (SSSR count). The normalized spacial score (nSPS) is 11.8. The van der Waals surface area contributed by atoms with Gasteiger partial charge in [-0.15, -0.1) is 0 Å². The number of benzene rings is 1. The number of carbonyl (C=O) groups excluding carboxylic acids is 1. The fourth-order valence-corrected chi connectivity index (χ4v) is 3.33. The third kappa shape index (κ3) is 5.60. The number of anilines is 1. The standard InChI is InChI=1S/C24H24N6O/c1-17(7-5-10-18-8-3-2-4-9-18)27-24(31)30-22-13-12-20-23(29-22)28-21(16-26-20)19-11-6-14-25-15-19/h2-4,6,8-9,11-17H,5,7,10H2,1H3,(H2,27,28,29,30,31)/t17-/m1/s1. The monoisotopic (exact) mass is 412 g/mol. The fourth-order valence-electron chi connectivity index (χ4n) is 3.33. The van der Waals surface area contributed by atoms with E-state index in [2.05, 4.69) is 42.7 Å². The van der Waals surface area contributed by atoms with Crippen molar-refractivity contribution in [1.29, 1.82) is 0 Å². The molecule has 0 saturated carbocycles. The van der Waals surface area contributed by atoms with Crippen LogP contribution in [0.15, 0.2) is 73.2 Å². The number of nitrogens with one attached hydrogen (secondary N) is 2. The van der Waals surface area contributed by atoms with E-state index in [1.54, 1.807) is 30.7 Å². The number of carbonyl (C=O) groups is 1. The Morgan fingerprint density at radius 3 is 2.68 bits per heavy atom. The van der Waals surface area contributed by atoms with E-state index < -0.39 is 0 Å². The SMILES string of the molecule is C[C@H](CCCc1ccccc1)NC(=O)Nc1ccc2ncc(-c3cccnc3)nc2n1. The van der Waals surface area contributed by atoms with Gasteiger partial charge in [-0.3, -0.25) is 15.3 Å². The second kappa shape index (κ2) is 9.75. The summed E-state index contributed by atoms with van der Waals surface area (Å²) in [5.74, 6) is 0.430. The molecule has 0 radical (unpaired) electrons. The molecule has 0 aliphatic rings. The molecule has 0 aliphatic carbocycles. The molecule has 1 aromatic carbocycles. The molecule has 3 heterocycles. The summed E-state index contributed by atoms with van der Waals surface area (Å²) < 4.78 is 0. The second-order valence-corrected chi connectivity index (χ2v) is 7.41. The molecule has 0 unspecified atom stereocenters. The van der Waals surface area contributed by atoms with Crippen molar-refractivity contribution in [2.24, 2.45) is 0 Å². The van der Waals surface area contributed by atoms with Gasteiger partial charge in [0.2, 0.25) is 0 Å². The van der Waals surface area contributed by atoms with Crippen molar-refractivity contribution in [2.45, 2.75) is 32.2 Å². The molecule has 0 bridgehead atoms. The molecule has 7 heteroatoms. The number of rotatable bonds is 7. The van der Waals surface area contributed by atoms with Crippen LogP contribution in [0.2, 0.25) is 0 Å². The van der Waals surface area contributed by atoms with E-state index >= 15 is 0 Å². The predicted molar refractivity (Wildman–Crippen MR) is 122 cm³/mol. The zero-order valence-electron chi connectivity index (χ0n) is 17.3. The van der Waals surface area contributed by atoms with Crippen molar-refractivity contribution in [2.75, 3.05) is 5.32 Å². The van der Waals surface area contributed by atoms with Crippen molar-refractivity contribution in [3.63, 3.8) is 0 Å². The first-order chi connectivity index (χ1) is 15.2. The Bertz CT molecular complexity index is 1150. The highest BCUT2D eigenvalue weighted by atomic mass is 16.2. The number of hydrogen-bond donors (Lipinski definition) is 2. The van der Waals surface area contributed by atoms with Gasteiger partial charge in [-0.2, -0.15) is 0 Å².